The average Bonchev–Trinajstić information content (AvgIpc) is 3.27. The van der Waals surface area contributed by atoms with Gasteiger partial charge in [-0.05, 0) is 42.9 Å². The zero-order valence-electron chi connectivity index (χ0n) is 20.6. The average molecular weight is 542 g/mol. The van der Waals surface area contributed by atoms with Crippen molar-refractivity contribution in [2.24, 2.45) is 0 Å². The van der Waals surface area contributed by atoms with Crippen molar-refractivity contribution >= 4 is 34.4 Å². The number of hydrogen-bond acceptors (Lipinski definition) is 7. The van der Waals surface area contributed by atoms with Gasteiger partial charge < -0.3 is 24.8 Å². The number of benzene rings is 1. The van der Waals surface area contributed by atoms with Gasteiger partial charge in [-0.2, -0.15) is 0 Å². The molecular formula is C27H25ClFN3O6. The highest BCUT2D eigenvalue weighted by molar-refractivity contribution is 6.32. The van der Waals surface area contributed by atoms with Crippen molar-refractivity contribution in [1.82, 2.24) is 14.9 Å². The Morgan fingerprint density at radius 3 is 2.84 bits per heavy atom. The van der Waals surface area contributed by atoms with E-state index in [2.05, 4.69) is 5.32 Å². The number of aliphatic hydroxyl groups excluding tert-OH is 1. The number of aliphatic hydroxyl groups is 2. The molecule has 198 valence electrons. The molecule has 2 aromatic heterocycles. The monoisotopic (exact) mass is 541 g/mol. The molecular weight excluding hydrogens is 517 g/mol. The van der Waals surface area contributed by atoms with Crippen LogP contribution >= 0.6 is 11.6 Å². The number of amides is 1. The molecule has 4 heterocycles. The lowest BCUT2D eigenvalue weighted by Gasteiger charge is -2.31. The molecule has 2 aliphatic heterocycles. The topological polar surface area (TPSA) is 131 Å². The first-order valence-corrected chi connectivity index (χ1v) is 13.0. The van der Waals surface area contributed by atoms with Crippen LogP contribution in [-0.2, 0) is 39.5 Å². The van der Waals surface area contributed by atoms with E-state index in [4.69, 9.17) is 26.4 Å². The van der Waals surface area contributed by atoms with E-state index in [1.165, 1.54) is 10.6 Å². The van der Waals surface area contributed by atoms with E-state index in [9.17, 15) is 23.9 Å². The highest BCUT2D eigenvalue weighted by Gasteiger charge is 2.46. The summed E-state index contributed by atoms with van der Waals surface area (Å²) in [6, 6.07) is 2.41. The summed E-state index contributed by atoms with van der Waals surface area (Å²) in [5.41, 5.74) is 1.21. The fraction of sp³-hybridized carbons (Fsp3) is 0.407. The van der Waals surface area contributed by atoms with E-state index in [-0.39, 0.29) is 54.7 Å². The lowest BCUT2D eigenvalue weighted by Crippen LogP contribution is -2.44. The first-order valence-electron chi connectivity index (χ1n) is 12.6. The Bertz CT molecular complexity index is 1620. The van der Waals surface area contributed by atoms with E-state index in [1.54, 1.807) is 13.0 Å². The van der Waals surface area contributed by atoms with Gasteiger partial charge in [-0.1, -0.05) is 18.5 Å². The summed E-state index contributed by atoms with van der Waals surface area (Å²) in [6.45, 7) is 1.42. The Kier molecular flexibility index (Phi) is 5.82. The van der Waals surface area contributed by atoms with Crippen LogP contribution in [0.4, 0.5) is 4.39 Å². The third kappa shape index (κ3) is 3.43. The van der Waals surface area contributed by atoms with Crippen molar-refractivity contribution in [3.8, 4) is 11.4 Å². The molecule has 0 fully saturated rings. The summed E-state index contributed by atoms with van der Waals surface area (Å²) >= 11 is 6.37. The molecule has 0 unspecified atom stereocenters. The summed E-state index contributed by atoms with van der Waals surface area (Å²) < 4.78 is 21.5. The lowest BCUT2D eigenvalue weighted by atomic mass is 9.83. The van der Waals surface area contributed by atoms with Crippen molar-refractivity contribution in [1.29, 1.82) is 0 Å². The number of nitrogens with zero attached hydrogens (tertiary/aromatic N) is 2. The smallest absolute Gasteiger partial charge is 0.343 e. The summed E-state index contributed by atoms with van der Waals surface area (Å²) in [4.78, 5) is 43.5. The number of carbonyl (C=O) groups is 2. The second kappa shape index (κ2) is 8.86. The number of ether oxygens (including phenoxy) is 1. The number of carbonyl (C=O) groups excluding carboxylic acids is 2. The largest absolute Gasteiger partial charge is 0.458 e. The Morgan fingerprint density at radius 2 is 2.11 bits per heavy atom. The minimum absolute atomic E-state index is 0.0115. The van der Waals surface area contributed by atoms with Crippen LogP contribution < -0.4 is 10.9 Å². The first kappa shape index (κ1) is 25.0. The summed E-state index contributed by atoms with van der Waals surface area (Å²) in [5.74, 6) is -1.66. The Morgan fingerprint density at radius 1 is 1.32 bits per heavy atom. The van der Waals surface area contributed by atoms with E-state index in [0.717, 1.165) is 5.56 Å². The normalized spacial score (nSPS) is 21.1. The molecule has 2 atom stereocenters. The number of halogens is 2. The van der Waals surface area contributed by atoms with Gasteiger partial charge in [0.15, 0.2) is 5.60 Å². The van der Waals surface area contributed by atoms with E-state index in [0.29, 0.717) is 52.7 Å². The number of cyclic esters (lactones) is 1. The van der Waals surface area contributed by atoms with Crippen LogP contribution in [0.1, 0.15) is 66.5 Å². The van der Waals surface area contributed by atoms with Crippen molar-refractivity contribution in [3.05, 3.63) is 61.1 Å². The van der Waals surface area contributed by atoms with Gasteiger partial charge in [0, 0.05) is 35.6 Å². The van der Waals surface area contributed by atoms with Crippen LogP contribution in [-0.4, -0.2) is 38.2 Å². The lowest BCUT2D eigenvalue weighted by molar-refractivity contribution is -0.172. The standard InChI is InChI=1S/C27H25ClFN3O6/c1-2-27(37)15-8-19-24-13(10-32(19)25(35)14(15)11-38-26(27)36)22-17(30-20(34)4-3-7-33)6-5-12-21(22)18(31-24)9-16(29)23(12)28/h8-9,17,33,37H,2-7,10-11H2,1H3,(H,30,34)/t17-,27+/m1/s1. The quantitative estimate of drug-likeness (QED) is 0.331. The zero-order valence-corrected chi connectivity index (χ0v) is 21.3. The molecule has 0 saturated carbocycles. The number of hydrogen-bond donors (Lipinski definition) is 3. The minimum atomic E-state index is -1.97. The van der Waals surface area contributed by atoms with Crippen LogP contribution in [0.25, 0.3) is 22.3 Å². The van der Waals surface area contributed by atoms with E-state index < -0.39 is 29.0 Å². The molecule has 6 rings (SSSR count). The maximum Gasteiger partial charge on any atom is 0.343 e. The Balaban J connectivity index is 1.60. The second-order valence-corrected chi connectivity index (χ2v) is 10.4. The molecule has 3 aromatic rings. The minimum Gasteiger partial charge on any atom is -0.458 e. The van der Waals surface area contributed by atoms with Crippen molar-refractivity contribution < 1.29 is 28.9 Å². The molecule has 1 aromatic carbocycles. The molecule has 11 heteroatoms. The van der Waals surface area contributed by atoms with Crippen molar-refractivity contribution in [2.75, 3.05) is 6.61 Å². The number of fused-ring (bicyclic) bond motifs is 5. The number of pyridine rings is 2. The Hall–Kier alpha value is -3.34. The maximum absolute atomic E-state index is 14.8. The molecule has 0 radical (unpaired) electrons. The van der Waals surface area contributed by atoms with Gasteiger partial charge in [-0.25, -0.2) is 14.2 Å². The second-order valence-electron chi connectivity index (χ2n) is 9.99. The molecule has 1 amide bonds. The van der Waals surface area contributed by atoms with Gasteiger partial charge >= 0.3 is 5.97 Å². The van der Waals surface area contributed by atoms with E-state index >= 15 is 0 Å². The highest BCUT2D eigenvalue weighted by atomic mass is 35.5. The number of rotatable bonds is 5. The van der Waals surface area contributed by atoms with Gasteiger partial charge in [0.1, 0.15) is 12.4 Å². The summed E-state index contributed by atoms with van der Waals surface area (Å²) in [7, 11) is 0. The zero-order chi connectivity index (χ0) is 26.9. The molecule has 1 aliphatic carbocycles. The number of esters is 1. The van der Waals surface area contributed by atoms with Gasteiger partial charge in [-0.3, -0.25) is 9.59 Å². The SMILES string of the molecule is CC[C@@]1(O)C(=O)OCc2c1cc1n(c2=O)Cc2c-1nc1cc(F)c(Cl)c3c1c2[C@H](NC(=O)CCCO)CC3. The molecule has 0 bridgehead atoms. The van der Waals surface area contributed by atoms with Crippen LogP contribution in [0.5, 0.6) is 0 Å². The molecule has 3 aliphatic rings. The van der Waals surface area contributed by atoms with Crippen molar-refractivity contribution in [3.63, 3.8) is 0 Å². The van der Waals surface area contributed by atoms with Crippen LogP contribution in [0, 0.1) is 5.82 Å². The summed E-state index contributed by atoms with van der Waals surface area (Å²) in [5, 5.41) is 24.0. The highest BCUT2D eigenvalue weighted by Crippen LogP contribution is 2.46. The predicted octanol–water partition coefficient (Wildman–Crippen LogP) is 2.75. The molecule has 9 nitrogen and oxygen atoms in total. The first-order chi connectivity index (χ1) is 18.2. The molecule has 0 spiro atoms. The summed E-state index contributed by atoms with van der Waals surface area (Å²) in [6.07, 6.45) is 1.38. The molecule has 38 heavy (non-hydrogen) atoms. The third-order valence-corrected chi connectivity index (χ3v) is 8.35. The Labute approximate surface area is 221 Å². The molecule has 3 N–H and O–H groups in total. The third-order valence-electron chi connectivity index (χ3n) is 7.94. The number of nitrogens with one attached hydrogen (secondary N) is 1. The number of aryl methyl sites for hydroxylation is 1. The van der Waals surface area contributed by atoms with Gasteiger partial charge in [0.05, 0.1) is 40.1 Å². The fourth-order valence-corrected chi connectivity index (χ4v) is 6.25. The van der Waals surface area contributed by atoms with E-state index in [1.807, 2.05) is 0 Å². The predicted molar refractivity (Wildman–Crippen MR) is 135 cm³/mol. The molecule has 0 saturated heterocycles. The van der Waals surface area contributed by atoms with Crippen LogP contribution in [0.3, 0.4) is 0 Å². The van der Waals surface area contributed by atoms with Crippen molar-refractivity contribution in [2.45, 2.75) is 63.8 Å². The van der Waals surface area contributed by atoms with Gasteiger partial charge in [-0.15, -0.1) is 0 Å². The van der Waals surface area contributed by atoms with Crippen LogP contribution in [0.15, 0.2) is 16.9 Å². The van der Waals surface area contributed by atoms with Crippen LogP contribution in [0.2, 0.25) is 5.02 Å². The van der Waals surface area contributed by atoms with Gasteiger partial charge in [0.2, 0.25) is 5.91 Å². The fourth-order valence-electron chi connectivity index (χ4n) is 6.00. The number of aromatic nitrogens is 2. The maximum atomic E-state index is 14.8. The van der Waals surface area contributed by atoms with Gasteiger partial charge in [0.25, 0.3) is 5.56 Å².